The Morgan fingerprint density at radius 3 is 2.57 bits per heavy atom. The number of methoxy groups -OCH3 is 1. The van der Waals surface area contributed by atoms with E-state index in [9.17, 15) is 14.9 Å². The maximum atomic E-state index is 12.7. The summed E-state index contributed by atoms with van der Waals surface area (Å²) < 4.78 is 5.05. The minimum absolute atomic E-state index is 0.0267. The molecule has 1 aromatic carbocycles. The first-order valence-electron chi connectivity index (χ1n) is 8.85. The molecule has 28 heavy (non-hydrogen) atoms. The highest BCUT2D eigenvalue weighted by molar-refractivity contribution is 6.06. The molecule has 7 heteroatoms. The quantitative estimate of drug-likeness (QED) is 0.453. The van der Waals surface area contributed by atoms with E-state index in [-0.39, 0.29) is 5.69 Å². The maximum absolute atomic E-state index is 12.7. The van der Waals surface area contributed by atoms with Crippen LogP contribution in [0, 0.1) is 23.0 Å². The molecule has 3 rings (SSSR count). The fraction of sp³-hybridized carbons (Fsp3) is 0.286. The number of aryl methyl sites for hydroxylation is 1. The van der Waals surface area contributed by atoms with Gasteiger partial charge < -0.3 is 4.74 Å². The number of benzene rings is 1. The van der Waals surface area contributed by atoms with Gasteiger partial charge in [0.1, 0.15) is 5.92 Å². The van der Waals surface area contributed by atoms with Gasteiger partial charge in [-0.1, -0.05) is 18.2 Å². The van der Waals surface area contributed by atoms with Crippen molar-refractivity contribution in [2.75, 3.05) is 7.11 Å². The first kappa shape index (κ1) is 19.4. The summed E-state index contributed by atoms with van der Waals surface area (Å²) in [6.07, 6.45) is 1.70. The summed E-state index contributed by atoms with van der Waals surface area (Å²) in [4.78, 5) is 32.5. The zero-order valence-electron chi connectivity index (χ0n) is 16.2. The van der Waals surface area contributed by atoms with E-state index in [1.54, 1.807) is 25.3 Å². The van der Waals surface area contributed by atoms with Gasteiger partial charge in [-0.25, -0.2) is 0 Å². The van der Waals surface area contributed by atoms with Crippen LogP contribution in [0.2, 0.25) is 0 Å². The molecule has 0 fully saturated rings. The van der Waals surface area contributed by atoms with Gasteiger partial charge in [0.15, 0.2) is 0 Å². The van der Waals surface area contributed by atoms with Crippen molar-refractivity contribution in [3.05, 3.63) is 75.2 Å². The lowest BCUT2D eigenvalue weighted by molar-refractivity contribution is -0.384. The molecule has 144 valence electrons. The fourth-order valence-electron chi connectivity index (χ4n) is 3.78. The van der Waals surface area contributed by atoms with E-state index in [0.717, 1.165) is 22.5 Å². The third-order valence-corrected chi connectivity index (χ3v) is 5.02. The van der Waals surface area contributed by atoms with E-state index in [1.165, 1.54) is 19.2 Å². The number of ether oxygens (including phenoxy) is 1. The molecule has 0 saturated carbocycles. The van der Waals surface area contributed by atoms with Gasteiger partial charge >= 0.3 is 5.97 Å². The van der Waals surface area contributed by atoms with Crippen LogP contribution in [-0.4, -0.2) is 28.7 Å². The monoisotopic (exact) mass is 379 g/mol. The number of allylic oxidation sites excluding steroid dienone is 2. The summed E-state index contributed by atoms with van der Waals surface area (Å²) in [6.45, 7) is 5.55. The summed E-state index contributed by atoms with van der Waals surface area (Å²) in [5, 5.41) is 11.3. The van der Waals surface area contributed by atoms with Crippen LogP contribution < -0.4 is 0 Å². The van der Waals surface area contributed by atoms with Gasteiger partial charge in [-0.05, 0) is 38.0 Å². The van der Waals surface area contributed by atoms with Crippen molar-refractivity contribution < 1.29 is 14.5 Å². The first-order valence-corrected chi connectivity index (χ1v) is 8.85. The third-order valence-electron chi connectivity index (χ3n) is 5.02. The highest BCUT2D eigenvalue weighted by Gasteiger charge is 2.40. The topological polar surface area (TPSA) is 94.7 Å². The van der Waals surface area contributed by atoms with Gasteiger partial charge in [0, 0.05) is 46.9 Å². The van der Waals surface area contributed by atoms with Gasteiger partial charge in [0.25, 0.3) is 5.69 Å². The number of nitro groups is 1. The van der Waals surface area contributed by atoms with Gasteiger partial charge in [0.2, 0.25) is 0 Å². The van der Waals surface area contributed by atoms with E-state index in [0.29, 0.717) is 11.3 Å². The molecule has 0 radical (unpaired) electrons. The largest absolute Gasteiger partial charge is 0.468 e. The highest BCUT2D eigenvalue weighted by atomic mass is 16.6. The molecule has 0 aliphatic carbocycles. The number of carbonyl (C=O) groups is 1. The number of aliphatic imine (C=N–C) groups is 1. The number of pyridine rings is 1. The lowest BCUT2D eigenvalue weighted by Gasteiger charge is -2.33. The van der Waals surface area contributed by atoms with Crippen molar-refractivity contribution in [1.82, 2.24) is 4.98 Å². The molecule has 2 aromatic rings. The van der Waals surface area contributed by atoms with Crippen molar-refractivity contribution in [3.63, 3.8) is 0 Å². The molecule has 1 aliphatic rings. The van der Waals surface area contributed by atoms with Gasteiger partial charge in [-0.3, -0.25) is 24.9 Å². The molecule has 0 N–H and O–H groups in total. The Morgan fingerprint density at radius 2 is 1.93 bits per heavy atom. The number of hydrogen-bond acceptors (Lipinski definition) is 6. The number of nitrogens with zero attached hydrogens (tertiary/aromatic N) is 3. The van der Waals surface area contributed by atoms with E-state index in [4.69, 9.17) is 4.74 Å². The Bertz CT molecular complexity index is 1010. The second-order valence-corrected chi connectivity index (χ2v) is 6.72. The summed E-state index contributed by atoms with van der Waals surface area (Å²) >= 11 is 0. The molecule has 2 unspecified atom stereocenters. The Morgan fingerprint density at radius 1 is 1.18 bits per heavy atom. The van der Waals surface area contributed by atoms with Gasteiger partial charge in [0.05, 0.1) is 12.0 Å². The van der Waals surface area contributed by atoms with Crippen LogP contribution in [0.15, 0.2) is 53.3 Å². The van der Waals surface area contributed by atoms with E-state index >= 15 is 0 Å². The summed E-state index contributed by atoms with van der Waals surface area (Å²) in [7, 11) is 1.33. The molecule has 0 spiro atoms. The molecular weight excluding hydrogens is 358 g/mol. The van der Waals surface area contributed by atoms with Crippen LogP contribution in [0.25, 0.3) is 5.57 Å². The number of aromatic nitrogens is 1. The highest BCUT2D eigenvalue weighted by Crippen LogP contribution is 2.45. The molecule has 7 nitrogen and oxygen atoms in total. The molecular formula is C21H21N3O4. The average molecular weight is 379 g/mol. The van der Waals surface area contributed by atoms with Crippen molar-refractivity contribution in [2.24, 2.45) is 10.9 Å². The van der Waals surface area contributed by atoms with Gasteiger partial charge in [-0.2, -0.15) is 0 Å². The number of carbonyl (C=O) groups excluding carboxylic acids is 1. The first-order chi connectivity index (χ1) is 13.3. The summed E-state index contributed by atoms with van der Waals surface area (Å²) in [6, 6.07) is 10.1. The minimum Gasteiger partial charge on any atom is -0.468 e. The van der Waals surface area contributed by atoms with Crippen LogP contribution >= 0.6 is 0 Å². The zero-order valence-corrected chi connectivity index (χ0v) is 16.2. The smallest absolute Gasteiger partial charge is 0.315 e. The molecule has 0 saturated heterocycles. The standard InChI is InChI=1S/C21H21N3O4/c1-12-17(9-6-10-22-12)18-13(2)23-14(3)19(21(25)28-4)20(18)15-7-5-8-16(11-15)24(26)27/h5-11,19-20H,1-4H3. The van der Waals surface area contributed by atoms with Gasteiger partial charge in [-0.15, -0.1) is 0 Å². The molecule has 0 bridgehead atoms. The predicted octanol–water partition coefficient (Wildman–Crippen LogP) is 4.08. The third kappa shape index (κ3) is 3.43. The van der Waals surface area contributed by atoms with Crippen LogP contribution in [0.5, 0.6) is 0 Å². The Balaban J connectivity index is 2.29. The Labute approximate surface area is 162 Å². The van der Waals surface area contributed by atoms with Crippen LogP contribution in [0.3, 0.4) is 0 Å². The van der Waals surface area contributed by atoms with Crippen LogP contribution in [-0.2, 0) is 9.53 Å². The fourth-order valence-corrected chi connectivity index (χ4v) is 3.78. The van der Waals surface area contributed by atoms with Crippen molar-refractivity contribution in [2.45, 2.75) is 26.7 Å². The van der Waals surface area contributed by atoms with E-state index in [2.05, 4.69) is 9.98 Å². The second kappa shape index (κ2) is 7.72. The summed E-state index contributed by atoms with van der Waals surface area (Å²) in [5.74, 6) is -1.57. The number of nitro benzene ring substituents is 1. The lowest BCUT2D eigenvalue weighted by atomic mass is 9.73. The SMILES string of the molecule is COC(=O)C1C(C)=NC(C)=C(c2cccnc2C)C1c1cccc([N+](=O)[O-])c1. The molecule has 2 heterocycles. The normalized spacial score (nSPS) is 19.2. The number of non-ortho nitro benzene ring substituents is 1. The van der Waals surface area contributed by atoms with Crippen molar-refractivity contribution in [1.29, 1.82) is 0 Å². The number of hydrogen-bond donors (Lipinski definition) is 0. The Hall–Kier alpha value is -3.35. The average Bonchev–Trinajstić information content (AvgIpc) is 2.68. The van der Waals surface area contributed by atoms with Crippen LogP contribution in [0.1, 0.15) is 36.6 Å². The summed E-state index contributed by atoms with van der Waals surface area (Å²) in [5.41, 5.74) is 4.49. The molecule has 2 atom stereocenters. The van der Waals surface area contributed by atoms with E-state index in [1.807, 2.05) is 26.0 Å². The minimum atomic E-state index is -0.676. The number of esters is 1. The predicted molar refractivity (Wildman–Crippen MR) is 106 cm³/mol. The molecule has 1 aromatic heterocycles. The molecule has 1 aliphatic heterocycles. The number of rotatable bonds is 4. The Kier molecular flexibility index (Phi) is 5.35. The maximum Gasteiger partial charge on any atom is 0.315 e. The van der Waals surface area contributed by atoms with E-state index < -0.39 is 22.7 Å². The zero-order chi connectivity index (χ0) is 20.4. The van der Waals surface area contributed by atoms with Crippen molar-refractivity contribution in [3.8, 4) is 0 Å². The van der Waals surface area contributed by atoms with Crippen molar-refractivity contribution >= 4 is 22.9 Å². The second-order valence-electron chi connectivity index (χ2n) is 6.72. The molecule has 0 amide bonds. The van der Waals surface area contributed by atoms with Crippen LogP contribution in [0.4, 0.5) is 5.69 Å². The lowest BCUT2D eigenvalue weighted by Crippen LogP contribution is -2.33.